The van der Waals surface area contributed by atoms with Crippen molar-refractivity contribution in [2.75, 3.05) is 11.9 Å². The molecule has 0 N–H and O–H groups in total. The van der Waals surface area contributed by atoms with E-state index in [0.29, 0.717) is 22.9 Å². The van der Waals surface area contributed by atoms with Gasteiger partial charge < -0.3 is 4.90 Å². The van der Waals surface area contributed by atoms with E-state index in [0.717, 1.165) is 5.56 Å². The number of hydrogen-bond donors (Lipinski definition) is 0. The molecule has 2 aromatic rings. The van der Waals surface area contributed by atoms with Crippen molar-refractivity contribution in [1.29, 1.82) is 5.26 Å². The third-order valence-electron chi connectivity index (χ3n) is 2.50. The second-order valence-electron chi connectivity index (χ2n) is 3.83. The standard InChI is InChI=1S/C13H11ClN4/c1-18(9-10-3-2-5-16-8-10)13-12(14)11(7-15)4-6-17-13/h2-6,8H,9H2,1H3. The Morgan fingerprint density at radius 3 is 2.89 bits per heavy atom. The van der Waals surface area contributed by atoms with Crippen molar-refractivity contribution in [1.82, 2.24) is 9.97 Å². The summed E-state index contributed by atoms with van der Waals surface area (Å²) in [5, 5.41) is 9.30. The zero-order valence-corrected chi connectivity index (χ0v) is 10.6. The summed E-state index contributed by atoms with van der Waals surface area (Å²) < 4.78 is 0. The minimum atomic E-state index is 0.381. The average molecular weight is 259 g/mol. The van der Waals surface area contributed by atoms with Gasteiger partial charge in [0.25, 0.3) is 0 Å². The molecule has 0 aliphatic carbocycles. The van der Waals surface area contributed by atoms with Gasteiger partial charge in [-0.1, -0.05) is 17.7 Å². The topological polar surface area (TPSA) is 52.8 Å². The molecule has 2 aromatic heterocycles. The fraction of sp³-hybridized carbons (Fsp3) is 0.154. The molecule has 0 bridgehead atoms. The van der Waals surface area contributed by atoms with Crippen molar-refractivity contribution in [2.24, 2.45) is 0 Å². The molecular formula is C13H11ClN4. The second-order valence-corrected chi connectivity index (χ2v) is 4.20. The second kappa shape index (κ2) is 5.48. The van der Waals surface area contributed by atoms with Gasteiger partial charge in [0.05, 0.1) is 5.56 Å². The molecule has 2 rings (SSSR count). The predicted octanol–water partition coefficient (Wildman–Crippen LogP) is 2.64. The summed E-state index contributed by atoms with van der Waals surface area (Å²) in [6.45, 7) is 0.634. The lowest BCUT2D eigenvalue weighted by molar-refractivity contribution is 0.891. The number of nitriles is 1. The zero-order chi connectivity index (χ0) is 13.0. The molecule has 0 aliphatic heterocycles. The van der Waals surface area contributed by atoms with Crippen LogP contribution in [-0.2, 0) is 6.54 Å². The molecule has 0 saturated heterocycles. The van der Waals surface area contributed by atoms with Gasteiger partial charge in [-0.15, -0.1) is 0 Å². The molecule has 5 heteroatoms. The Hall–Kier alpha value is -2.12. The van der Waals surface area contributed by atoms with E-state index >= 15 is 0 Å². The molecule has 90 valence electrons. The molecule has 4 nitrogen and oxygen atoms in total. The zero-order valence-electron chi connectivity index (χ0n) is 9.84. The molecule has 18 heavy (non-hydrogen) atoms. The molecule has 0 radical (unpaired) electrons. The Morgan fingerprint density at radius 1 is 1.39 bits per heavy atom. The molecular weight excluding hydrogens is 248 g/mol. The summed E-state index contributed by atoms with van der Waals surface area (Å²) in [6, 6.07) is 7.50. The molecule has 2 heterocycles. The van der Waals surface area contributed by atoms with Gasteiger partial charge in [-0.2, -0.15) is 5.26 Å². The quantitative estimate of drug-likeness (QED) is 0.849. The minimum absolute atomic E-state index is 0.381. The first-order valence-corrected chi connectivity index (χ1v) is 5.75. The maximum Gasteiger partial charge on any atom is 0.148 e. The summed E-state index contributed by atoms with van der Waals surface area (Å²) >= 11 is 6.13. The van der Waals surface area contributed by atoms with Gasteiger partial charge in [-0.05, 0) is 17.7 Å². The number of pyridine rings is 2. The van der Waals surface area contributed by atoms with Crippen molar-refractivity contribution < 1.29 is 0 Å². The van der Waals surface area contributed by atoms with E-state index in [2.05, 4.69) is 9.97 Å². The van der Waals surface area contributed by atoms with E-state index in [1.165, 1.54) is 0 Å². The van der Waals surface area contributed by atoms with Gasteiger partial charge in [-0.3, -0.25) is 4.98 Å². The monoisotopic (exact) mass is 258 g/mol. The van der Waals surface area contributed by atoms with Gasteiger partial charge in [0.2, 0.25) is 0 Å². The third-order valence-corrected chi connectivity index (χ3v) is 2.87. The van der Waals surface area contributed by atoms with E-state index in [1.54, 1.807) is 24.7 Å². The van der Waals surface area contributed by atoms with Crippen LogP contribution in [0, 0.1) is 11.3 Å². The van der Waals surface area contributed by atoms with Crippen LogP contribution in [0.25, 0.3) is 0 Å². The Bertz CT molecular complexity index is 577. The van der Waals surface area contributed by atoms with Crippen LogP contribution in [0.1, 0.15) is 11.1 Å². The highest BCUT2D eigenvalue weighted by Crippen LogP contribution is 2.26. The van der Waals surface area contributed by atoms with E-state index in [4.69, 9.17) is 16.9 Å². The van der Waals surface area contributed by atoms with Crippen molar-refractivity contribution in [3.63, 3.8) is 0 Å². The number of aromatic nitrogens is 2. The number of nitrogens with zero attached hydrogens (tertiary/aromatic N) is 4. The largest absolute Gasteiger partial charge is 0.354 e. The van der Waals surface area contributed by atoms with E-state index in [-0.39, 0.29) is 0 Å². The number of rotatable bonds is 3. The summed E-state index contributed by atoms with van der Waals surface area (Å²) in [5.41, 5.74) is 1.49. The maximum absolute atomic E-state index is 8.92. The maximum atomic E-state index is 8.92. The van der Waals surface area contributed by atoms with Gasteiger partial charge in [0.15, 0.2) is 0 Å². The number of halogens is 1. The average Bonchev–Trinajstić information content (AvgIpc) is 2.40. The summed E-state index contributed by atoms with van der Waals surface area (Å²) in [6.07, 6.45) is 5.10. The molecule has 0 aromatic carbocycles. The van der Waals surface area contributed by atoms with Crippen molar-refractivity contribution in [3.05, 3.63) is 52.9 Å². The first kappa shape index (κ1) is 12.3. The van der Waals surface area contributed by atoms with Gasteiger partial charge >= 0.3 is 0 Å². The van der Waals surface area contributed by atoms with E-state index in [9.17, 15) is 0 Å². The van der Waals surface area contributed by atoms with E-state index < -0.39 is 0 Å². The molecule has 0 unspecified atom stereocenters. The lowest BCUT2D eigenvalue weighted by Gasteiger charge is -2.19. The molecule has 0 amide bonds. The summed E-state index contributed by atoms with van der Waals surface area (Å²) in [7, 11) is 1.88. The Kier molecular flexibility index (Phi) is 3.75. The Morgan fingerprint density at radius 2 is 2.22 bits per heavy atom. The first-order chi connectivity index (χ1) is 8.72. The van der Waals surface area contributed by atoms with Crippen LogP contribution in [0.15, 0.2) is 36.8 Å². The highest BCUT2D eigenvalue weighted by Gasteiger charge is 2.11. The SMILES string of the molecule is CN(Cc1cccnc1)c1nccc(C#N)c1Cl. The highest BCUT2D eigenvalue weighted by atomic mass is 35.5. The predicted molar refractivity (Wildman–Crippen MR) is 70.3 cm³/mol. The fourth-order valence-electron chi connectivity index (χ4n) is 1.63. The van der Waals surface area contributed by atoms with E-state index in [1.807, 2.05) is 30.1 Å². The summed E-state index contributed by atoms with van der Waals surface area (Å²) in [5.74, 6) is 0.597. The molecule has 0 fully saturated rings. The van der Waals surface area contributed by atoms with Crippen LogP contribution >= 0.6 is 11.6 Å². The van der Waals surface area contributed by atoms with Crippen LogP contribution in [-0.4, -0.2) is 17.0 Å². The lowest BCUT2D eigenvalue weighted by Crippen LogP contribution is -2.18. The highest BCUT2D eigenvalue weighted by molar-refractivity contribution is 6.34. The Labute approximate surface area is 110 Å². The van der Waals surface area contributed by atoms with Crippen molar-refractivity contribution in [2.45, 2.75) is 6.54 Å². The van der Waals surface area contributed by atoms with Crippen LogP contribution < -0.4 is 4.90 Å². The fourth-order valence-corrected chi connectivity index (χ4v) is 1.92. The molecule has 0 saturated carbocycles. The summed E-state index contributed by atoms with van der Waals surface area (Å²) in [4.78, 5) is 10.1. The van der Waals surface area contributed by atoms with Crippen LogP contribution in [0.2, 0.25) is 5.02 Å². The van der Waals surface area contributed by atoms with Gasteiger partial charge in [0.1, 0.15) is 16.9 Å². The first-order valence-electron chi connectivity index (χ1n) is 5.37. The Balaban J connectivity index is 2.25. The number of hydrogen-bond acceptors (Lipinski definition) is 4. The van der Waals surface area contributed by atoms with Crippen LogP contribution in [0.5, 0.6) is 0 Å². The van der Waals surface area contributed by atoms with Gasteiger partial charge in [0, 0.05) is 32.2 Å². The number of anilines is 1. The van der Waals surface area contributed by atoms with Crippen molar-refractivity contribution in [3.8, 4) is 6.07 Å². The molecule has 0 aliphatic rings. The third kappa shape index (κ3) is 2.58. The molecule has 0 spiro atoms. The smallest absolute Gasteiger partial charge is 0.148 e. The van der Waals surface area contributed by atoms with Crippen molar-refractivity contribution >= 4 is 17.4 Å². The molecule has 0 atom stereocenters. The van der Waals surface area contributed by atoms with Crippen LogP contribution in [0.3, 0.4) is 0 Å². The van der Waals surface area contributed by atoms with Gasteiger partial charge in [-0.25, -0.2) is 4.98 Å². The minimum Gasteiger partial charge on any atom is -0.354 e. The van der Waals surface area contributed by atoms with Crippen LogP contribution in [0.4, 0.5) is 5.82 Å². The normalized spacial score (nSPS) is 9.83. The lowest BCUT2D eigenvalue weighted by atomic mass is 10.2.